The van der Waals surface area contributed by atoms with Gasteiger partial charge < -0.3 is 5.11 Å². The van der Waals surface area contributed by atoms with Crippen molar-refractivity contribution in [2.24, 2.45) is 10.8 Å². The summed E-state index contributed by atoms with van der Waals surface area (Å²) < 4.78 is 0. The third-order valence-electron chi connectivity index (χ3n) is 4.85. The van der Waals surface area contributed by atoms with Crippen LogP contribution in [0.15, 0.2) is 0 Å². The summed E-state index contributed by atoms with van der Waals surface area (Å²) in [4.78, 5) is 37.1. The molecule has 106 valence electrons. The van der Waals surface area contributed by atoms with Crippen molar-refractivity contribution in [1.29, 1.82) is 0 Å². The van der Waals surface area contributed by atoms with Gasteiger partial charge in [-0.25, -0.2) is 0 Å². The molecular formula is C14H21NO4. The van der Waals surface area contributed by atoms with Crippen molar-refractivity contribution in [1.82, 2.24) is 4.90 Å². The number of aliphatic carboxylic acids is 1. The summed E-state index contributed by atoms with van der Waals surface area (Å²) in [5.74, 6) is -1.30. The molecule has 1 aliphatic heterocycles. The maximum Gasteiger partial charge on any atom is 0.311 e. The molecule has 1 saturated carbocycles. The highest BCUT2D eigenvalue weighted by atomic mass is 16.4. The van der Waals surface area contributed by atoms with Gasteiger partial charge in [0.1, 0.15) is 0 Å². The zero-order valence-corrected chi connectivity index (χ0v) is 11.6. The first kappa shape index (κ1) is 14.0. The van der Waals surface area contributed by atoms with Gasteiger partial charge in [0.15, 0.2) is 0 Å². The summed E-state index contributed by atoms with van der Waals surface area (Å²) in [6.07, 6.45) is 4.17. The molecule has 1 heterocycles. The van der Waals surface area contributed by atoms with Gasteiger partial charge in [0.25, 0.3) is 0 Å². The van der Waals surface area contributed by atoms with E-state index < -0.39 is 16.8 Å². The molecule has 1 aliphatic carbocycles. The quantitative estimate of drug-likeness (QED) is 0.788. The molecular weight excluding hydrogens is 246 g/mol. The number of rotatable bonds is 4. The van der Waals surface area contributed by atoms with Gasteiger partial charge in [0.05, 0.1) is 10.8 Å². The number of carboxylic acid groups (broad SMARTS) is 1. The Bertz CT molecular complexity index is 425. The lowest BCUT2D eigenvalue weighted by molar-refractivity contribution is -0.152. The number of amides is 2. The predicted octanol–water partition coefficient (Wildman–Crippen LogP) is 1.81. The first-order valence-corrected chi connectivity index (χ1v) is 6.93. The first-order valence-electron chi connectivity index (χ1n) is 6.93. The minimum Gasteiger partial charge on any atom is -0.481 e. The van der Waals surface area contributed by atoms with Crippen molar-refractivity contribution < 1.29 is 19.5 Å². The van der Waals surface area contributed by atoms with Crippen LogP contribution in [0.5, 0.6) is 0 Å². The summed E-state index contributed by atoms with van der Waals surface area (Å²) >= 11 is 0. The van der Waals surface area contributed by atoms with E-state index in [4.69, 9.17) is 0 Å². The number of nitrogens with zero attached hydrogens (tertiary/aromatic N) is 1. The second-order valence-electron chi connectivity index (χ2n) is 6.17. The van der Waals surface area contributed by atoms with Crippen molar-refractivity contribution >= 4 is 17.8 Å². The number of hydrogen-bond acceptors (Lipinski definition) is 3. The minimum absolute atomic E-state index is 0.00174. The highest BCUT2D eigenvalue weighted by Crippen LogP contribution is 2.47. The zero-order valence-electron chi connectivity index (χ0n) is 11.6. The Hall–Kier alpha value is -1.39. The van der Waals surface area contributed by atoms with Crippen LogP contribution in [0.1, 0.15) is 52.4 Å². The summed E-state index contributed by atoms with van der Waals surface area (Å²) in [7, 11) is 0. The van der Waals surface area contributed by atoms with E-state index in [0.29, 0.717) is 6.42 Å². The molecule has 0 aromatic rings. The Balaban J connectivity index is 2.19. The van der Waals surface area contributed by atoms with Crippen molar-refractivity contribution in [3.63, 3.8) is 0 Å². The maximum atomic E-state index is 12.5. The average molecular weight is 267 g/mol. The molecule has 2 fully saturated rings. The van der Waals surface area contributed by atoms with Crippen LogP contribution < -0.4 is 0 Å². The van der Waals surface area contributed by atoms with E-state index in [1.54, 1.807) is 13.8 Å². The molecule has 2 rings (SSSR count). The molecule has 1 saturated heterocycles. The molecule has 0 bridgehead atoms. The predicted molar refractivity (Wildman–Crippen MR) is 68.3 cm³/mol. The lowest BCUT2D eigenvalue weighted by atomic mass is 9.84. The summed E-state index contributed by atoms with van der Waals surface area (Å²) in [6, 6.07) is 0. The normalized spacial score (nSPS) is 25.1. The van der Waals surface area contributed by atoms with Gasteiger partial charge in [-0.1, -0.05) is 19.8 Å². The Morgan fingerprint density at radius 3 is 2.42 bits per heavy atom. The summed E-state index contributed by atoms with van der Waals surface area (Å²) in [5, 5.41) is 9.27. The van der Waals surface area contributed by atoms with Crippen molar-refractivity contribution in [3.05, 3.63) is 0 Å². The van der Waals surface area contributed by atoms with E-state index >= 15 is 0 Å². The van der Waals surface area contributed by atoms with Crippen LogP contribution in [0.25, 0.3) is 0 Å². The second kappa shape index (κ2) is 4.62. The van der Waals surface area contributed by atoms with Crippen LogP contribution in [0, 0.1) is 10.8 Å². The Morgan fingerprint density at radius 1 is 1.37 bits per heavy atom. The SMILES string of the molecule is CCC(C)(CN1C(=O)CC2(CCCC2)C1=O)C(=O)O. The zero-order chi connectivity index (χ0) is 14.3. The average Bonchev–Trinajstić information content (AvgIpc) is 2.91. The molecule has 0 radical (unpaired) electrons. The molecule has 1 unspecified atom stereocenters. The van der Waals surface area contributed by atoms with E-state index in [1.807, 2.05) is 0 Å². The molecule has 19 heavy (non-hydrogen) atoms. The van der Waals surface area contributed by atoms with Crippen molar-refractivity contribution in [3.8, 4) is 0 Å². The lowest BCUT2D eigenvalue weighted by Gasteiger charge is -2.29. The number of carbonyl (C=O) groups excluding carboxylic acids is 2. The van der Waals surface area contributed by atoms with Crippen molar-refractivity contribution in [2.45, 2.75) is 52.4 Å². The van der Waals surface area contributed by atoms with Crippen LogP contribution in [0.3, 0.4) is 0 Å². The van der Waals surface area contributed by atoms with Gasteiger partial charge in [-0.05, 0) is 26.2 Å². The van der Waals surface area contributed by atoms with Gasteiger partial charge in [-0.15, -0.1) is 0 Å². The standard InChI is InChI=1S/C14H21NO4/c1-3-13(2,12(18)19)9-15-10(16)8-14(11(15)17)6-4-5-7-14/h3-9H2,1-2H3,(H,18,19). The Morgan fingerprint density at radius 2 is 1.95 bits per heavy atom. The molecule has 0 aromatic heterocycles. The first-order chi connectivity index (χ1) is 8.84. The number of hydrogen-bond donors (Lipinski definition) is 1. The van der Waals surface area contributed by atoms with E-state index in [1.165, 1.54) is 4.90 Å². The summed E-state index contributed by atoms with van der Waals surface area (Å²) in [5.41, 5.74) is -1.56. The third kappa shape index (κ3) is 2.15. The van der Waals surface area contributed by atoms with Crippen LogP contribution in [-0.4, -0.2) is 34.3 Å². The highest BCUT2D eigenvalue weighted by Gasteiger charge is 2.54. The molecule has 5 heteroatoms. The van der Waals surface area contributed by atoms with Gasteiger partial charge in [0, 0.05) is 13.0 Å². The largest absolute Gasteiger partial charge is 0.481 e. The number of carboxylic acids is 1. The highest BCUT2D eigenvalue weighted by molar-refractivity contribution is 6.06. The van der Waals surface area contributed by atoms with Crippen LogP contribution in [0.2, 0.25) is 0 Å². The molecule has 1 atom stereocenters. The van der Waals surface area contributed by atoms with Crippen LogP contribution >= 0.6 is 0 Å². The van der Waals surface area contributed by atoms with Crippen molar-refractivity contribution in [2.75, 3.05) is 6.54 Å². The van der Waals surface area contributed by atoms with E-state index in [9.17, 15) is 19.5 Å². The summed E-state index contributed by atoms with van der Waals surface area (Å²) in [6.45, 7) is 3.36. The molecule has 2 amide bonds. The number of imide groups is 1. The lowest BCUT2D eigenvalue weighted by Crippen LogP contribution is -2.44. The van der Waals surface area contributed by atoms with E-state index in [0.717, 1.165) is 25.7 Å². The van der Waals surface area contributed by atoms with Crippen LogP contribution in [0.4, 0.5) is 0 Å². The fraction of sp³-hybridized carbons (Fsp3) is 0.786. The van der Waals surface area contributed by atoms with E-state index in [2.05, 4.69) is 0 Å². The fourth-order valence-corrected chi connectivity index (χ4v) is 3.14. The topological polar surface area (TPSA) is 74.7 Å². The maximum absolute atomic E-state index is 12.5. The smallest absolute Gasteiger partial charge is 0.311 e. The monoisotopic (exact) mass is 267 g/mol. The molecule has 0 aromatic carbocycles. The molecule has 1 N–H and O–H groups in total. The van der Waals surface area contributed by atoms with Gasteiger partial charge >= 0.3 is 5.97 Å². The Labute approximate surface area is 113 Å². The Kier molecular flexibility index (Phi) is 3.41. The fourth-order valence-electron chi connectivity index (χ4n) is 3.14. The number of carbonyl (C=O) groups is 3. The second-order valence-corrected chi connectivity index (χ2v) is 6.17. The van der Waals surface area contributed by atoms with E-state index in [-0.39, 0.29) is 24.8 Å². The minimum atomic E-state index is -1.05. The van der Waals surface area contributed by atoms with Crippen LogP contribution in [-0.2, 0) is 14.4 Å². The molecule has 5 nitrogen and oxygen atoms in total. The third-order valence-corrected chi connectivity index (χ3v) is 4.85. The van der Waals surface area contributed by atoms with Gasteiger partial charge in [-0.3, -0.25) is 19.3 Å². The number of likely N-dealkylation sites (tertiary alicyclic amines) is 1. The molecule has 1 spiro atoms. The van der Waals surface area contributed by atoms with Gasteiger partial charge in [-0.2, -0.15) is 0 Å². The molecule has 2 aliphatic rings. The van der Waals surface area contributed by atoms with Gasteiger partial charge in [0.2, 0.25) is 11.8 Å².